The minimum atomic E-state index is -0.309. The van der Waals surface area contributed by atoms with Crippen LogP contribution in [0.5, 0.6) is 11.6 Å². The zero-order chi connectivity index (χ0) is 21.8. The van der Waals surface area contributed by atoms with Crippen molar-refractivity contribution in [3.63, 3.8) is 0 Å². The van der Waals surface area contributed by atoms with Gasteiger partial charge in [-0.2, -0.15) is 5.10 Å². The van der Waals surface area contributed by atoms with Crippen LogP contribution in [0.2, 0.25) is 0 Å². The highest BCUT2D eigenvalue weighted by Gasteiger charge is 2.19. The summed E-state index contributed by atoms with van der Waals surface area (Å²) in [7, 11) is 3.62. The number of likely N-dealkylation sites (N-methyl/N-ethyl adjacent to an activating group) is 1. The van der Waals surface area contributed by atoms with Gasteiger partial charge in [0.15, 0.2) is 6.61 Å². The van der Waals surface area contributed by atoms with Crippen LogP contribution in [0.25, 0.3) is 16.9 Å². The molecule has 1 fully saturated rings. The third kappa shape index (κ3) is 4.86. The highest BCUT2D eigenvalue weighted by atomic mass is 19.1. The minimum absolute atomic E-state index is 0.0000428. The maximum atomic E-state index is 13.2. The van der Waals surface area contributed by atoms with Gasteiger partial charge >= 0.3 is 0 Å². The number of hydrogen-bond acceptors (Lipinski definition) is 5. The number of methoxy groups -OCH3 is 1. The Hall–Kier alpha value is -3.39. The number of rotatable bonds is 6. The molecule has 31 heavy (non-hydrogen) atoms. The Labute approximate surface area is 180 Å². The van der Waals surface area contributed by atoms with Crippen LogP contribution in [0.1, 0.15) is 0 Å². The van der Waals surface area contributed by atoms with E-state index in [1.165, 1.54) is 12.1 Å². The van der Waals surface area contributed by atoms with Gasteiger partial charge in [0, 0.05) is 37.8 Å². The predicted molar refractivity (Wildman–Crippen MR) is 115 cm³/mol. The van der Waals surface area contributed by atoms with Gasteiger partial charge in [-0.1, -0.05) is 0 Å². The number of amides is 1. The van der Waals surface area contributed by atoms with E-state index in [-0.39, 0.29) is 18.3 Å². The Balaban J connectivity index is 1.42. The van der Waals surface area contributed by atoms with Crippen LogP contribution in [0.15, 0.2) is 54.6 Å². The molecule has 8 heteroatoms. The fraction of sp³-hybridized carbons (Fsp3) is 0.304. The number of hydrogen-bond donors (Lipinski definition) is 0. The van der Waals surface area contributed by atoms with E-state index < -0.39 is 0 Å². The molecule has 0 unspecified atom stereocenters. The summed E-state index contributed by atoms with van der Waals surface area (Å²) in [5.41, 5.74) is 2.28. The van der Waals surface area contributed by atoms with Crippen molar-refractivity contribution in [1.82, 2.24) is 19.6 Å². The van der Waals surface area contributed by atoms with Crippen LogP contribution >= 0.6 is 0 Å². The largest absolute Gasteiger partial charge is 0.484 e. The third-order valence-corrected chi connectivity index (χ3v) is 5.33. The molecule has 0 spiro atoms. The van der Waals surface area contributed by atoms with Crippen molar-refractivity contribution in [3.8, 4) is 28.6 Å². The Kier molecular flexibility index (Phi) is 6.18. The van der Waals surface area contributed by atoms with Crippen molar-refractivity contribution in [2.45, 2.75) is 0 Å². The molecular weight excluding hydrogens is 399 g/mol. The lowest BCUT2D eigenvalue weighted by molar-refractivity contribution is -0.134. The van der Waals surface area contributed by atoms with Crippen molar-refractivity contribution < 1.29 is 18.7 Å². The smallest absolute Gasteiger partial charge is 0.260 e. The van der Waals surface area contributed by atoms with E-state index in [1.807, 2.05) is 35.2 Å². The number of aromatic nitrogens is 2. The molecule has 0 bridgehead atoms. The molecule has 2 heterocycles. The summed E-state index contributed by atoms with van der Waals surface area (Å²) in [6.45, 7) is 3.26. The van der Waals surface area contributed by atoms with E-state index in [2.05, 4.69) is 17.0 Å². The monoisotopic (exact) mass is 424 g/mol. The first kappa shape index (κ1) is 20.9. The Morgan fingerprint density at radius 3 is 2.35 bits per heavy atom. The minimum Gasteiger partial charge on any atom is -0.484 e. The Morgan fingerprint density at radius 2 is 1.71 bits per heavy atom. The molecule has 162 valence electrons. The first-order valence-corrected chi connectivity index (χ1v) is 10.1. The number of nitrogens with zero attached hydrogens (tertiary/aromatic N) is 4. The molecule has 1 amide bonds. The van der Waals surface area contributed by atoms with Crippen molar-refractivity contribution >= 4 is 5.91 Å². The molecule has 0 atom stereocenters. The topological polar surface area (TPSA) is 59.8 Å². The number of carbonyl (C=O) groups excluding carboxylic acids is 1. The predicted octanol–water partition coefficient (Wildman–Crippen LogP) is 2.84. The van der Waals surface area contributed by atoms with Gasteiger partial charge in [-0.25, -0.2) is 9.07 Å². The summed E-state index contributed by atoms with van der Waals surface area (Å²) in [5.74, 6) is 0.854. The molecule has 0 N–H and O–H groups in total. The van der Waals surface area contributed by atoms with E-state index in [4.69, 9.17) is 9.47 Å². The van der Waals surface area contributed by atoms with E-state index in [9.17, 15) is 9.18 Å². The van der Waals surface area contributed by atoms with Crippen molar-refractivity contribution in [2.24, 2.45) is 0 Å². The van der Waals surface area contributed by atoms with Gasteiger partial charge in [0.05, 0.1) is 18.5 Å². The molecule has 0 radical (unpaired) electrons. The Bertz CT molecular complexity index is 1030. The van der Waals surface area contributed by atoms with E-state index in [0.29, 0.717) is 23.0 Å². The molecule has 0 saturated carbocycles. The quantitative estimate of drug-likeness (QED) is 0.609. The summed E-state index contributed by atoms with van der Waals surface area (Å²) in [6.07, 6.45) is 0. The van der Waals surface area contributed by atoms with Gasteiger partial charge in [0.25, 0.3) is 5.91 Å². The number of ether oxygens (including phenoxy) is 2. The number of carbonyl (C=O) groups is 1. The molecule has 1 aliphatic heterocycles. The van der Waals surface area contributed by atoms with E-state index in [1.54, 1.807) is 23.9 Å². The third-order valence-electron chi connectivity index (χ3n) is 5.33. The van der Waals surface area contributed by atoms with Crippen molar-refractivity contribution in [2.75, 3.05) is 46.9 Å². The first-order chi connectivity index (χ1) is 15.0. The SMILES string of the molecule is COc1cc(-c2ccc(OCC(=O)N3CCN(C)CC3)cc2)nn1-c1ccc(F)cc1. The lowest BCUT2D eigenvalue weighted by Gasteiger charge is -2.32. The molecule has 1 aliphatic rings. The fourth-order valence-corrected chi connectivity index (χ4v) is 3.43. The summed E-state index contributed by atoms with van der Waals surface area (Å²) in [6, 6.07) is 15.3. The lowest BCUT2D eigenvalue weighted by Crippen LogP contribution is -2.48. The highest BCUT2D eigenvalue weighted by Crippen LogP contribution is 2.27. The normalized spacial score (nSPS) is 14.5. The maximum absolute atomic E-state index is 13.2. The van der Waals surface area contributed by atoms with Crippen LogP contribution in [0.3, 0.4) is 0 Å². The van der Waals surface area contributed by atoms with Crippen LogP contribution in [0.4, 0.5) is 4.39 Å². The second-order valence-electron chi connectivity index (χ2n) is 7.46. The average molecular weight is 424 g/mol. The number of piperazine rings is 1. The van der Waals surface area contributed by atoms with Crippen molar-refractivity contribution in [1.29, 1.82) is 0 Å². The van der Waals surface area contributed by atoms with Crippen molar-refractivity contribution in [3.05, 3.63) is 60.4 Å². The fourth-order valence-electron chi connectivity index (χ4n) is 3.43. The first-order valence-electron chi connectivity index (χ1n) is 10.1. The Morgan fingerprint density at radius 1 is 1.03 bits per heavy atom. The maximum Gasteiger partial charge on any atom is 0.260 e. The van der Waals surface area contributed by atoms with Gasteiger partial charge in [0.2, 0.25) is 5.88 Å². The molecule has 7 nitrogen and oxygen atoms in total. The van der Waals surface area contributed by atoms with E-state index >= 15 is 0 Å². The zero-order valence-electron chi connectivity index (χ0n) is 17.6. The molecule has 4 rings (SSSR count). The second-order valence-corrected chi connectivity index (χ2v) is 7.46. The molecular formula is C23H25FN4O3. The number of halogens is 1. The molecule has 1 aromatic heterocycles. The average Bonchev–Trinajstić information content (AvgIpc) is 3.23. The summed E-state index contributed by atoms with van der Waals surface area (Å²) >= 11 is 0. The van der Waals surface area contributed by atoms with Gasteiger partial charge in [0.1, 0.15) is 11.6 Å². The summed E-state index contributed by atoms with van der Waals surface area (Å²) in [4.78, 5) is 16.4. The standard InChI is InChI=1S/C23H25FN4O3/c1-26-11-13-27(14-12-26)22(29)16-31-20-9-3-17(4-10-20)21-15-23(30-2)28(25-21)19-7-5-18(24)6-8-19/h3-10,15H,11-14,16H2,1-2H3. The van der Waals surface area contributed by atoms with Gasteiger partial charge in [-0.05, 0) is 55.6 Å². The highest BCUT2D eigenvalue weighted by molar-refractivity contribution is 5.78. The van der Waals surface area contributed by atoms with Crippen LogP contribution in [0, 0.1) is 5.82 Å². The van der Waals surface area contributed by atoms with Gasteiger partial charge < -0.3 is 19.3 Å². The van der Waals surface area contributed by atoms with Gasteiger partial charge in [-0.3, -0.25) is 4.79 Å². The molecule has 0 aliphatic carbocycles. The molecule has 1 saturated heterocycles. The van der Waals surface area contributed by atoms with Crippen LogP contribution < -0.4 is 9.47 Å². The summed E-state index contributed by atoms with van der Waals surface area (Å²) in [5, 5.41) is 4.59. The zero-order valence-corrected chi connectivity index (χ0v) is 17.6. The van der Waals surface area contributed by atoms with E-state index in [0.717, 1.165) is 31.7 Å². The number of benzene rings is 2. The van der Waals surface area contributed by atoms with Gasteiger partial charge in [-0.15, -0.1) is 0 Å². The van der Waals surface area contributed by atoms with Crippen LogP contribution in [-0.4, -0.2) is 72.4 Å². The van der Waals surface area contributed by atoms with Crippen LogP contribution in [-0.2, 0) is 4.79 Å². The second kappa shape index (κ2) is 9.18. The summed E-state index contributed by atoms with van der Waals surface area (Å²) < 4.78 is 25.9. The molecule has 2 aromatic carbocycles. The lowest BCUT2D eigenvalue weighted by atomic mass is 10.1. The molecule has 3 aromatic rings.